The molecular formula is C40H29N. The molecule has 0 saturated carbocycles. The van der Waals surface area contributed by atoms with Gasteiger partial charge in [0.15, 0.2) is 0 Å². The van der Waals surface area contributed by atoms with Crippen LogP contribution in [0.4, 0.5) is 0 Å². The zero-order chi connectivity index (χ0) is 27.6. The van der Waals surface area contributed by atoms with Gasteiger partial charge in [-0.1, -0.05) is 140 Å². The molecule has 3 aliphatic rings. The molecule has 1 nitrogen and oxygen atoms in total. The highest BCUT2D eigenvalue weighted by Gasteiger charge is 2.58. The van der Waals surface area contributed by atoms with E-state index in [9.17, 15) is 0 Å². The lowest BCUT2D eigenvalue weighted by Gasteiger charge is -2.49. The molecule has 0 saturated heterocycles. The van der Waals surface area contributed by atoms with Crippen LogP contribution in [0, 0.1) is 5.41 Å². The molecule has 41 heavy (non-hydrogen) atoms. The third-order valence-electron chi connectivity index (χ3n) is 9.53. The molecule has 0 bridgehead atoms. The maximum Gasteiger partial charge on any atom is 0.0720 e. The summed E-state index contributed by atoms with van der Waals surface area (Å²) in [7, 11) is 0. The monoisotopic (exact) mass is 523 g/mol. The molecule has 5 aromatic carbocycles. The van der Waals surface area contributed by atoms with Crippen LogP contribution in [0.2, 0.25) is 0 Å². The average molecular weight is 524 g/mol. The van der Waals surface area contributed by atoms with Crippen molar-refractivity contribution in [3.05, 3.63) is 202 Å². The summed E-state index contributed by atoms with van der Waals surface area (Å²) in [5, 5.41) is 8.27. The Balaban J connectivity index is 1.61. The van der Waals surface area contributed by atoms with Crippen LogP contribution in [-0.4, -0.2) is 6.21 Å². The maximum atomic E-state index is 8.27. The molecule has 1 atom stereocenters. The van der Waals surface area contributed by atoms with Crippen molar-refractivity contribution >= 4 is 6.21 Å². The first-order valence-electron chi connectivity index (χ1n) is 14.3. The van der Waals surface area contributed by atoms with Crippen molar-refractivity contribution < 1.29 is 0 Å². The molecule has 0 radical (unpaired) electrons. The average Bonchev–Trinajstić information content (AvgIpc) is 3.51. The van der Waals surface area contributed by atoms with E-state index in [1.165, 1.54) is 67.4 Å². The molecule has 3 aliphatic carbocycles. The number of benzene rings is 5. The number of hydrogen-bond acceptors (Lipinski definition) is 1. The van der Waals surface area contributed by atoms with Crippen LogP contribution in [0.15, 0.2) is 152 Å². The van der Waals surface area contributed by atoms with E-state index in [4.69, 9.17) is 5.41 Å². The van der Waals surface area contributed by atoms with Crippen LogP contribution in [0.5, 0.6) is 0 Å². The van der Waals surface area contributed by atoms with Crippen LogP contribution in [0.25, 0.3) is 11.1 Å². The summed E-state index contributed by atoms with van der Waals surface area (Å²) >= 11 is 0. The van der Waals surface area contributed by atoms with Gasteiger partial charge in [-0.3, -0.25) is 0 Å². The minimum Gasteiger partial charge on any atom is -0.308 e. The lowest BCUT2D eigenvalue weighted by Crippen LogP contribution is -2.44. The van der Waals surface area contributed by atoms with Crippen LogP contribution in [0.1, 0.15) is 50.1 Å². The van der Waals surface area contributed by atoms with E-state index >= 15 is 0 Å². The van der Waals surface area contributed by atoms with E-state index in [1.54, 1.807) is 0 Å². The maximum absolute atomic E-state index is 8.27. The van der Waals surface area contributed by atoms with E-state index in [2.05, 4.69) is 134 Å². The second kappa shape index (κ2) is 8.74. The van der Waals surface area contributed by atoms with Crippen molar-refractivity contribution in [1.82, 2.24) is 0 Å². The molecule has 5 aromatic rings. The highest BCUT2D eigenvalue weighted by Crippen LogP contribution is 2.66. The third-order valence-corrected chi connectivity index (χ3v) is 9.53. The Morgan fingerprint density at radius 2 is 1.12 bits per heavy atom. The van der Waals surface area contributed by atoms with Gasteiger partial charge >= 0.3 is 0 Å². The highest BCUT2D eigenvalue weighted by molar-refractivity contribution is 5.91. The fourth-order valence-electron chi connectivity index (χ4n) is 8.15. The first-order chi connectivity index (χ1) is 20.3. The minimum absolute atomic E-state index is 0.454. The number of rotatable bonds is 3. The molecule has 0 amide bonds. The van der Waals surface area contributed by atoms with E-state index in [1.807, 2.05) is 12.2 Å². The predicted octanol–water partition coefficient (Wildman–Crippen LogP) is 8.92. The Morgan fingerprint density at radius 3 is 1.78 bits per heavy atom. The normalized spacial score (nSPS) is 19.6. The van der Waals surface area contributed by atoms with Gasteiger partial charge in [-0.05, 0) is 79.3 Å². The van der Waals surface area contributed by atoms with Gasteiger partial charge in [0.1, 0.15) is 0 Å². The summed E-state index contributed by atoms with van der Waals surface area (Å²) in [6, 6.07) is 42.7. The fraction of sp³-hybridized carbons (Fsp3) is 0.0750. The van der Waals surface area contributed by atoms with E-state index < -0.39 is 10.8 Å². The lowest BCUT2D eigenvalue weighted by molar-refractivity contribution is 0.625. The number of fused-ring (bicyclic) bond motifs is 13. The molecular weight excluding hydrogens is 494 g/mol. The van der Waals surface area contributed by atoms with Crippen molar-refractivity contribution in [2.45, 2.75) is 17.3 Å². The summed E-state index contributed by atoms with van der Waals surface area (Å²) in [5.74, 6) is 0. The van der Waals surface area contributed by atoms with Crippen molar-refractivity contribution in [3.63, 3.8) is 0 Å². The van der Waals surface area contributed by atoms with Gasteiger partial charge < -0.3 is 5.41 Å². The molecule has 0 aromatic heterocycles. The minimum atomic E-state index is -0.467. The van der Waals surface area contributed by atoms with E-state index in [0.717, 1.165) is 12.0 Å². The van der Waals surface area contributed by atoms with E-state index in [-0.39, 0.29) is 0 Å². The quantitative estimate of drug-likeness (QED) is 0.177. The highest BCUT2D eigenvalue weighted by atomic mass is 14.6. The third kappa shape index (κ3) is 2.88. The van der Waals surface area contributed by atoms with Crippen LogP contribution >= 0.6 is 0 Å². The number of allylic oxidation sites excluding steroid dienone is 5. The topological polar surface area (TPSA) is 23.9 Å². The molecule has 194 valence electrons. The van der Waals surface area contributed by atoms with Crippen molar-refractivity contribution in [2.24, 2.45) is 0 Å². The SMILES string of the molecule is C=C/C=C\C=C1/Cc2ccccc2C12c1ccccc1C1(c3ccccc3-c3ccccc31)c1ccc(C=N)cc12. The predicted molar refractivity (Wildman–Crippen MR) is 169 cm³/mol. The molecule has 8 rings (SSSR count). The smallest absolute Gasteiger partial charge is 0.0720 e. The van der Waals surface area contributed by atoms with Crippen LogP contribution in [0.3, 0.4) is 0 Å². The van der Waals surface area contributed by atoms with E-state index in [0.29, 0.717) is 0 Å². The van der Waals surface area contributed by atoms with Gasteiger partial charge in [0.05, 0.1) is 10.8 Å². The van der Waals surface area contributed by atoms with Crippen LogP contribution in [-0.2, 0) is 17.3 Å². The second-order valence-electron chi connectivity index (χ2n) is 11.2. The van der Waals surface area contributed by atoms with Gasteiger partial charge in [0.2, 0.25) is 0 Å². The summed E-state index contributed by atoms with van der Waals surface area (Å²) in [6.45, 7) is 3.91. The van der Waals surface area contributed by atoms with Crippen molar-refractivity contribution in [3.8, 4) is 11.1 Å². The summed E-state index contributed by atoms with van der Waals surface area (Å²) in [5.41, 5.74) is 14.5. The zero-order valence-electron chi connectivity index (χ0n) is 22.8. The molecule has 0 heterocycles. The summed E-state index contributed by atoms with van der Waals surface area (Å²) < 4.78 is 0. The molecule has 2 spiro atoms. The van der Waals surface area contributed by atoms with Crippen molar-refractivity contribution in [2.75, 3.05) is 0 Å². The van der Waals surface area contributed by atoms with Crippen LogP contribution < -0.4 is 0 Å². The van der Waals surface area contributed by atoms with Gasteiger partial charge in [-0.2, -0.15) is 0 Å². The first-order valence-corrected chi connectivity index (χ1v) is 14.3. The Bertz CT molecular complexity index is 1920. The second-order valence-corrected chi connectivity index (χ2v) is 11.2. The van der Waals surface area contributed by atoms with Gasteiger partial charge in [-0.25, -0.2) is 0 Å². The molecule has 1 heteroatoms. The standard InChI is InChI=1S/C40H29N/c1-2-3-4-14-29-25-28-13-5-8-17-32(28)39(29)35-20-11-12-21-36(35)40(37-23-22-27(26-41)24-38(37)39)33-18-9-6-15-30(33)31-16-7-10-19-34(31)40/h2-24,26,41H,1,25H2/b4-3-,29-14+,41-26?. The molecule has 1 unspecified atom stereocenters. The first kappa shape index (κ1) is 23.8. The number of nitrogens with one attached hydrogen (secondary N) is 1. The van der Waals surface area contributed by atoms with Gasteiger partial charge in [0, 0.05) is 6.21 Å². The Morgan fingerprint density at radius 1 is 0.561 bits per heavy atom. The van der Waals surface area contributed by atoms with Gasteiger partial charge in [0.25, 0.3) is 0 Å². The molecule has 0 fully saturated rings. The Labute approximate surface area is 241 Å². The lowest BCUT2D eigenvalue weighted by atomic mass is 9.52. The molecule has 1 N–H and O–H groups in total. The summed E-state index contributed by atoms with van der Waals surface area (Å²) in [4.78, 5) is 0. The Hall–Kier alpha value is -5.01. The molecule has 0 aliphatic heterocycles. The summed E-state index contributed by atoms with van der Waals surface area (Å²) in [6.07, 6.45) is 10.6. The largest absolute Gasteiger partial charge is 0.308 e. The van der Waals surface area contributed by atoms with Gasteiger partial charge in [-0.15, -0.1) is 0 Å². The Kier molecular flexibility index (Phi) is 5.09. The fourth-order valence-corrected chi connectivity index (χ4v) is 8.15. The zero-order valence-corrected chi connectivity index (χ0v) is 22.8. The number of hydrogen-bond donors (Lipinski definition) is 1. The van der Waals surface area contributed by atoms with Crippen molar-refractivity contribution in [1.29, 1.82) is 5.41 Å².